The first kappa shape index (κ1) is 15.0. The van der Waals surface area contributed by atoms with Gasteiger partial charge in [0.15, 0.2) is 5.78 Å². The summed E-state index contributed by atoms with van der Waals surface area (Å²) in [5.74, 6) is -0.673. The van der Waals surface area contributed by atoms with Gasteiger partial charge >= 0.3 is 0 Å². The van der Waals surface area contributed by atoms with Gasteiger partial charge in [0.25, 0.3) is 0 Å². The SMILES string of the molecule is O=C(/C=C/C1=CC[C@@H](O)CC1)C1=C(O)C[C@H](O)C[C@@H]1O. The highest BCUT2D eigenvalue weighted by molar-refractivity contribution is 6.05. The Morgan fingerprint density at radius 2 is 2.00 bits per heavy atom. The van der Waals surface area contributed by atoms with Crippen LogP contribution in [0.25, 0.3) is 0 Å². The Morgan fingerprint density at radius 1 is 1.25 bits per heavy atom. The smallest absolute Gasteiger partial charge is 0.187 e. The van der Waals surface area contributed by atoms with E-state index in [0.29, 0.717) is 19.3 Å². The molecule has 0 aromatic rings. The van der Waals surface area contributed by atoms with Crippen LogP contribution in [0.2, 0.25) is 0 Å². The molecule has 0 saturated heterocycles. The van der Waals surface area contributed by atoms with Gasteiger partial charge in [0.1, 0.15) is 5.76 Å². The number of allylic oxidation sites excluding steroid dienone is 3. The topological polar surface area (TPSA) is 98.0 Å². The van der Waals surface area contributed by atoms with E-state index in [1.54, 1.807) is 6.08 Å². The van der Waals surface area contributed by atoms with Crippen LogP contribution in [-0.4, -0.2) is 44.5 Å². The molecular weight excluding hydrogens is 260 g/mol. The molecule has 0 fully saturated rings. The van der Waals surface area contributed by atoms with Crippen molar-refractivity contribution >= 4 is 5.78 Å². The first-order valence-electron chi connectivity index (χ1n) is 6.85. The number of aliphatic hydroxyl groups excluding tert-OH is 4. The summed E-state index contributed by atoms with van der Waals surface area (Å²) in [5, 5.41) is 38.2. The fourth-order valence-corrected chi connectivity index (χ4v) is 2.56. The molecule has 0 spiro atoms. The molecule has 0 heterocycles. The molecule has 0 saturated carbocycles. The standard InChI is InChI=1S/C15H20O5/c16-10-4-1-9(2-5-10)3-6-12(18)15-13(19)7-11(17)8-14(15)20/h1,3,6,10-11,13,16-17,19-20H,2,4-5,7-8H2/b6-3+/t10-,11-,13+/m1/s1. The number of carbonyl (C=O) groups is 1. The summed E-state index contributed by atoms with van der Waals surface area (Å²) >= 11 is 0. The Hall–Kier alpha value is -1.43. The second-order valence-electron chi connectivity index (χ2n) is 5.37. The second-order valence-corrected chi connectivity index (χ2v) is 5.37. The van der Waals surface area contributed by atoms with Gasteiger partial charge in [-0.15, -0.1) is 0 Å². The summed E-state index contributed by atoms with van der Waals surface area (Å²) in [6.45, 7) is 0. The number of ketones is 1. The lowest BCUT2D eigenvalue weighted by atomic mass is 9.89. The van der Waals surface area contributed by atoms with Crippen molar-refractivity contribution in [1.29, 1.82) is 0 Å². The fraction of sp³-hybridized carbons (Fsp3) is 0.533. The molecule has 0 radical (unpaired) electrons. The lowest BCUT2D eigenvalue weighted by molar-refractivity contribution is -0.113. The van der Waals surface area contributed by atoms with E-state index in [4.69, 9.17) is 0 Å². The predicted molar refractivity (Wildman–Crippen MR) is 73.0 cm³/mol. The van der Waals surface area contributed by atoms with E-state index in [1.807, 2.05) is 6.08 Å². The lowest BCUT2D eigenvalue weighted by Crippen LogP contribution is -2.30. The molecule has 0 aliphatic heterocycles. The van der Waals surface area contributed by atoms with E-state index in [-0.39, 0.29) is 30.3 Å². The van der Waals surface area contributed by atoms with Gasteiger partial charge in [-0.2, -0.15) is 0 Å². The van der Waals surface area contributed by atoms with Crippen LogP contribution in [0, 0.1) is 0 Å². The number of carbonyl (C=O) groups excluding carboxylic acids is 1. The van der Waals surface area contributed by atoms with Crippen LogP contribution in [0.15, 0.2) is 35.1 Å². The van der Waals surface area contributed by atoms with E-state index in [9.17, 15) is 25.2 Å². The van der Waals surface area contributed by atoms with Gasteiger partial charge in [0, 0.05) is 12.8 Å². The van der Waals surface area contributed by atoms with Crippen molar-refractivity contribution in [3.05, 3.63) is 35.1 Å². The first-order valence-corrected chi connectivity index (χ1v) is 6.85. The molecule has 20 heavy (non-hydrogen) atoms. The van der Waals surface area contributed by atoms with Crippen LogP contribution in [0.4, 0.5) is 0 Å². The zero-order chi connectivity index (χ0) is 14.7. The molecular formula is C15H20O5. The molecule has 0 aromatic heterocycles. The molecule has 2 aliphatic rings. The number of hydrogen-bond acceptors (Lipinski definition) is 5. The monoisotopic (exact) mass is 280 g/mol. The molecule has 2 aliphatic carbocycles. The van der Waals surface area contributed by atoms with Gasteiger partial charge in [-0.05, 0) is 25.3 Å². The molecule has 2 rings (SSSR count). The van der Waals surface area contributed by atoms with Crippen molar-refractivity contribution in [2.45, 2.75) is 50.4 Å². The Bertz CT molecular complexity index is 475. The second kappa shape index (κ2) is 6.35. The van der Waals surface area contributed by atoms with Crippen LogP contribution in [0.1, 0.15) is 32.1 Å². The maximum Gasteiger partial charge on any atom is 0.187 e. The number of aliphatic hydroxyl groups is 4. The van der Waals surface area contributed by atoms with Crippen molar-refractivity contribution < 1.29 is 25.2 Å². The van der Waals surface area contributed by atoms with Gasteiger partial charge in [-0.3, -0.25) is 4.79 Å². The average Bonchev–Trinajstić information content (AvgIpc) is 2.37. The van der Waals surface area contributed by atoms with Gasteiger partial charge in [-0.25, -0.2) is 0 Å². The van der Waals surface area contributed by atoms with Gasteiger partial charge < -0.3 is 20.4 Å². The van der Waals surface area contributed by atoms with Crippen LogP contribution in [-0.2, 0) is 4.79 Å². The van der Waals surface area contributed by atoms with Crippen LogP contribution >= 0.6 is 0 Å². The first-order chi connectivity index (χ1) is 9.47. The highest BCUT2D eigenvalue weighted by Crippen LogP contribution is 2.25. The molecule has 0 bridgehead atoms. The van der Waals surface area contributed by atoms with E-state index in [0.717, 1.165) is 5.57 Å². The van der Waals surface area contributed by atoms with Gasteiger partial charge in [-0.1, -0.05) is 17.7 Å². The molecule has 110 valence electrons. The summed E-state index contributed by atoms with van der Waals surface area (Å²) in [6.07, 6.45) is 4.65. The Balaban J connectivity index is 2.06. The van der Waals surface area contributed by atoms with Crippen molar-refractivity contribution in [3.63, 3.8) is 0 Å². The van der Waals surface area contributed by atoms with Crippen LogP contribution < -0.4 is 0 Å². The van der Waals surface area contributed by atoms with Crippen molar-refractivity contribution in [3.8, 4) is 0 Å². The molecule has 5 nitrogen and oxygen atoms in total. The predicted octanol–water partition coefficient (Wildman–Crippen LogP) is 0.911. The van der Waals surface area contributed by atoms with Crippen LogP contribution in [0.5, 0.6) is 0 Å². The Morgan fingerprint density at radius 3 is 2.60 bits per heavy atom. The zero-order valence-corrected chi connectivity index (χ0v) is 11.2. The van der Waals surface area contributed by atoms with Gasteiger partial charge in [0.2, 0.25) is 0 Å². The minimum Gasteiger partial charge on any atom is -0.512 e. The third kappa shape index (κ3) is 3.56. The van der Waals surface area contributed by atoms with E-state index >= 15 is 0 Å². The summed E-state index contributed by atoms with van der Waals surface area (Å²) in [6, 6.07) is 0. The molecule has 4 N–H and O–H groups in total. The minimum absolute atomic E-state index is 0.000855. The van der Waals surface area contributed by atoms with Crippen molar-refractivity contribution in [2.24, 2.45) is 0 Å². The van der Waals surface area contributed by atoms with E-state index < -0.39 is 18.0 Å². The summed E-state index contributed by atoms with van der Waals surface area (Å²) < 4.78 is 0. The molecule has 0 amide bonds. The highest BCUT2D eigenvalue weighted by Gasteiger charge is 2.30. The lowest BCUT2D eigenvalue weighted by Gasteiger charge is -2.24. The number of rotatable bonds is 3. The third-order valence-electron chi connectivity index (χ3n) is 3.70. The summed E-state index contributed by atoms with van der Waals surface area (Å²) in [4.78, 5) is 12.0. The normalized spacial score (nSPS) is 31.6. The zero-order valence-electron chi connectivity index (χ0n) is 11.2. The van der Waals surface area contributed by atoms with Crippen molar-refractivity contribution in [2.75, 3.05) is 0 Å². The molecule has 0 aromatic carbocycles. The largest absolute Gasteiger partial charge is 0.512 e. The summed E-state index contributed by atoms with van der Waals surface area (Å²) in [5.41, 5.74) is 0.942. The number of hydrogen-bond donors (Lipinski definition) is 4. The Labute approximate surface area is 117 Å². The van der Waals surface area contributed by atoms with Crippen LogP contribution in [0.3, 0.4) is 0 Å². The maximum absolute atomic E-state index is 12.0. The van der Waals surface area contributed by atoms with Gasteiger partial charge in [0.05, 0.1) is 23.9 Å². The molecule has 3 atom stereocenters. The fourth-order valence-electron chi connectivity index (χ4n) is 2.56. The average molecular weight is 280 g/mol. The van der Waals surface area contributed by atoms with Crippen molar-refractivity contribution in [1.82, 2.24) is 0 Å². The third-order valence-corrected chi connectivity index (χ3v) is 3.70. The maximum atomic E-state index is 12.0. The van der Waals surface area contributed by atoms with E-state index in [2.05, 4.69) is 0 Å². The quantitative estimate of drug-likeness (QED) is 0.576. The minimum atomic E-state index is -1.13. The van der Waals surface area contributed by atoms with E-state index in [1.165, 1.54) is 6.08 Å². The molecule has 0 unspecified atom stereocenters. The summed E-state index contributed by atoms with van der Waals surface area (Å²) in [7, 11) is 0. The highest BCUT2D eigenvalue weighted by atomic mass is 16.3. The molecule has 5 heteroatoms. The Kier molecular flexibility index (Phi) is 4.75.